The van der Waals surface area contributed by atoms with Gasteiger partial charge in [0.25, 0.3) is 0 Å². The number of nitrogens with one attached hydrogen (secondary N) is 1. The first-order chi connectivity index (χ1) is 9.38. The Bertz CT molecular complexity index is 607. The van der Waals surface area contributed by atoms with Crippen molar-refractivity contribution in [3.63, 3.8) is 0 Å². The predicted molar refractivity (Wildman–Crippen MR) is 72.2 cm³/mol. The predicted octanol–water partition coefficient (Wildman–Crippen LogP) is 1.37. The van der Waals surface area contributed by atoms with Crippen LogP contribution in [0.2, 0.25) is 0 Å². The lowest BCUT2D eigenvalue weighted by atomic mass is 9.75. The number of carboxylic acids is 1. The summed E-state index contributed by atoms with van der Waals surface area (Å²) in [5, 5.41) is 8.92. The smallest absolute Gasteiger partial charge is 0.305 e. The number of methoxy groups -OCH3 is 1. The molecule has 1 aromatic carbocycles. The molecule has 0 spiro atoms. The van der Waals surface area contributed by atoms with Crippen molar-refractivity contribution in [2.75, 3.05) is 7.11 Å². The minimum atomic E-state index is -3.81. The molecule has 1 aromatic rings. The summed E-state index contributed by atoms with van der Waals surface area (Å²) < 4.78 is 32.4. The summed E-state index contributed by atoms with van der Waals surface area (Å²) >= 11 is 0. The van der Waals surface area contributed by atoms with Crippen LogP contribution in [0.3, 0.4) is 0 Å². The molecule has 1 saturated carbocycles. The van der Waals surface area contributed by atoms with Gasteiger partial charge in [-0.2, -0.15) is 0 Å². The van der Waals surface area contributed by atoms with E-state index in [-0.39, 0.29) is 17.1 Å². The summed E-state index contributed by atoms with van der Waals surface area (Å²) in [6.07, 6.45) is 1.68. The van der Waals surface area contributed by atoms with Gasteiger partial charge in [0.2, 0.25) is 10.0 Å². The van der Waals surface area contributed by atoms with Gasteiger partial charge in [-0.15, -0.1) is 0 Å². The maximum atomic E-state index is 12.4. The van der Waals surface area contributed by atoms with E-state index in [1.807, 2.05) is 0 Å². The van der Waals surface area contributed by atoms with Gasteiger partial charge in [-0.3, -0.25) is 4.79 Å². The van der Waals surface area contributed by atoms with Gasteiger partial charge in [0.05, 0.1) is 13.5 Å². The Labute approximate surface area is 117 Å². The Morgan fingerprint density at radius 2 is 2.05 bits per heavy atom. The molecule has 6 nitrogen and oxygen atoms in total. The van der Waals surface area contributed by atoms with Gasteiger partial charge in [-0.05, 0) is 31.4 Å². The molecule has 0 unspecified atom stereocenters. The standard InChI is InChI=1S/C13H17NO5S/c1-19-10-5-2-3-6-11(10)20(17,18)14-13(7-4-8-13)9-12(15)16/h2-3,5-6,14H,4,7-9H2,1H3,(H,15,16). The van der Waals surface area contributed by atoms with Crippen LogP contribution in [-0.2, 0) is 14.8 Å². The fraction of sp³-hybridized carbons (Fsp3) is 0.462. The largest absolute Gasteiger partial charge is 0.495 e. The van der Waals surface area contributed by atoms with Gasteiger partial charge in [0, 0.05) is 5.54 Å². The second-order valence-corrected chi connectivity index (χ2v) is 6.61. The third-order valence-corrected chi connectivity index (χ3v) is 5.13. The van der Waals surface area contributed by atoms with E-state index in [0.29, 0.717) is 12.8 Å². The van der Waals surface area contributed by atoms with Gasteiger partial charge >= 0.3 is 5.97 Å². The van der Waals surface area contributed by atoms with Crippen LogP contribution in [-0.4, -0.2) is 32.1 Å². The number of hydrogen-bond donors (Lipinski definition) is 2. The third-order valence-electron chi connectivity index (χ3n) is 3.51. The highest BCUT2D eigenvalue weighted by atomic mass is 32.2. The maximum absolute atomic E-state index is 12.4. The Morgan fingerprint density at radius 3 is 2.55 bits per heavy atom. The monoisotopic (exact) mass is 299 g/mol. The first kappa shape index (κ1) is 14.8. The number of para-hydroxylation sites is 1. The molecule has 7 heteroatoms. The van der Waals surface area contributed by atoms with Crippen molar-refractivity contribution in [3.8, 4) is 5.75 Å². The van der Waals surface area contributed by atoms with Crippen LogP contribution < -0.4 is 9.46 Å². The molecule has 20 heavy (non-hydrogen) atoms. The van der Waals surface area contributed by atoms with E-state index in [9.17, 15) is 13.2 Å². The molecule has 110 valence electrons. The summed E-state index contributed by atoms with van der Waals surface area (Å²) in [6, 6.07) is 6.27. The average Bonchev–Trinajstić information content (AvgIpc) is 2.35. The average molecular weight is 299 g/mol. The molecule has 0 atom stereocenters. The number of hydrogen-bond acceptors (Lipinski definition) is 4. The highest BCUT2D eigenvalue weighted by Gasteiger charge is 2.43. The molecule has 0 aliphatic heterocycles. The van der Waals surface area contributed by atoms with Crippen LogP contribution >= 0.6 is 0 Å². The molecular weight excluding hydrogens is 282 g/mol. The molecule has 0 bridgehead atoms. The summed E-state index contributed by atoms with van der Waals surface area (Å²) in [6.45, 7) is 0. The number of carboxylic acid groups (broad SMARTS) is 1. The van der Waals surface area contributed by atoms with Gasteiger partial charge in [-0.1, -0.05) is 12.1 Å². The zero-order valence-corrected chi connectivity index (χ0v) is 11.9. The van der Waals surface area contributed by atoms with Gasteiger partial charge in [0.1, 0.15) is 10.6 Å². The van der Waals surface area contributed by atoms with Gasteiger partial charge in [-0.25, -0.2) is 13.1 Å². The van der Waals surface area contributed by atoms with Crippen LogP contribution in [0, 0.1) is 0 Å². The molecule has 1 aliphatic rings. The fourth-order valence-corrected chi connectivity index (χ4v) is 4.02. The number of aliphatic carboxylic acids is 1. The van der Waals surface area contributed by atoms with Crippen molar-refractivity contribution in [1.82, 2.24) is 4.72 Å². The zero-order chi connectivity index (χ0) is 14.8. The fourth-order valence-electron chi connectivity index (χ4n) is 2.39. The first-order valence-corrected chi connectivity index (χ1v) is 7.76. The lowest BCUT2D eigenvalue weighted by Crippen LogP contribution is -2.54. The Hall–Kier alpha value is -1.60. The molecular formula is C13H17NO5S. The zero-order valence-electron chi connectivity index (χ0n) is 11.1. The molecule has 0 heterocycles. The summed E-state index contributed by atoms with van der Waals surface area (Å²) in [4.78, 5) is 10.9. The van der Waals surface area contributed by atoms with E-state index >= 15 is 0 Å². The minimum absolute atomic E-state index is 0.0270. The lowest BCUT2D eigenvalue weighted by molar-refractivity contribution is -0.139. The number of ether oxygens (including phenoxy) is 1. The molecule has 0 saturated heterocycles. The lowest BCUT2D eigenvalue weighted by Gasteiger charge is -2.41. The highest BCUT2D eigenvalue weighted by Crippen LogP contribution is 2.37. The van der Waals surface area contributed by atoms with Crippen molar-refractivity contribution in [1.29, 1.82) is 0 Å². The SMILES string of the molecule is COc1ccccc1S(=O)(=O)NC1(CC(=O)O)CCC1. The normalized spacial score (nSPS) is 17.2. The van der Waals surface area contributed by atoms with Crippen LogP contribution in [0.1, 0.15) is 25.7 Å². The Balaban J connectivity index is 2.29. The number of carbonyl (C=O) groups is 1. The van der Waals surface area contributed by atoms with E-state index in [4.69, 9.17) is 9.84 Å². The number of rotatable bonds is 6. The Morgan fingerprint density at radius 1 is 1.40 bits per heavy atom. The van der Waals surface area contributed by atoms with Crippen LogP contribution in [0.15, 0.2) is 29.2 Å². The van der Waals surface area contributed by atoms with E-state index < -0.39 is 21.5 Å². The molecule has 1 aliphatic carbocycles. The molecule has 2 rings (SSSR count). The molecule has 0 radical (unpaired) electrons. The van der Waals surface area contributed by atoms with Crippen LogP contribution in [0.4, 0.5) is 0 Å². The van der Waals surface area contributed by atoms with E-state index in [1.54, 1.807) is 18.2 Å². The van der Waals surface area contributed by atoms with Crippen molar-refractivity contribution in [3.05, 3.63) is 24.3 Å². The van der Waals surface area contributed by atoms with E-state index in [1.165, 1.54) is 13.2 Å². The minimum Gasteiger partial charge on any atom is -0.495 e. The number of benzene rings is 1. The first-order valence-electron chi connectivity index (χ1n) is 6.27. The molecule has 0 aromatic heterocycles. The Kier molecular flexibility index (Phi) is 4.01. The summed E-state index contributed by atoms with van der Waals surface area (Å²) in [5.41, 5.74) is -0.870. The molecule has 1 fully saturated rings. The highest BCUT2D eigenvalue weighted by molar-refractivity contribution is 7.89. The molecule has 2 N–H and O–H groups in total. The van der Waals surface area contributed by atoms with Crippen LogP contribution in [0.25, 0.3) is 0 Å². The molecule has 0 amide bonds. The second-order valence-electron chi connectivity index (χ2n) is 4.96. The third kappa shape index (κ3) is 2.94. The number of sulfonamides is 1. The second kappa shape index (κ2) is 5.41. The van der Waals surface area contributed by atoms with Crippen molar-refractivity contribution in [2.45, 2.75) is 36.1 Å². The van der Waals surface area contributed by atoms with Gasteiger partial charge in [0.15, 0.2) is 0 Å². The van der Waals surface area contributed by atoms with E-state index in [0.717, 1.165) is 6.42 Å². The van der Waals surface area contributed by atoms with Gasteiger partial charge < -0.3 is 9.84 Å². The summed E-state index contributed by atoms with van der Waals surface area (Å²) in [5.74, 6) is -0.766. The van der Waals surface area contributed by atoms with Crippen molar-refractivity contribution >= 4 is 16.0 Å². The van der Waals surface area contributed by atoms with Crippen LogP contribution in [0.5, 0.6) is 5.75 Å². The van der Waals surface area contributed by atoms with Crippen molar-refractivity contribution < 1.29 is 23.1 Å². The topological polar surface area (TPSA) is 92.7 Å². The van der Waals surface area contributed by atoms with Crippen molar-refractivity contribution in [2.24, 2.45) is 0 Å². The maximum Gasteiger partial charge on any atom is 0.305 e. The van der Waals surface area contributed by atoms with E-state index in [2.05, 4.69) is 4.72 Å². The quantitative estimate of drug-likeness (QED) is 0.827. The summed E-state index contributed by atoms with van der Waals surface area (Å²) in [7, 11) is -2.41.